The number of hydrogen-bond donors (Lipinski definition) is 1. The van der Waals surface area contributed by atoms with Gasteiger partial charge in [-0.05, 0) is 29.7 Å². The zero-order chi connectivity index (χ0) is 13.1. The summed E-state index contributed by atoms with van der Waals surface area (Å²) in [7, 11) is 0. The minimum atomic E-state index is 0.392. The number of benzene rings is 1. The second-order valence-electron chi connectivity index (χ2n) is 4.05. The second kappa shape index (κ2) is 4.75. The number of hydrogen-bond acceptors (Lipinski definition) is 4. The molecule has 2 aromatic heterocycles. The highest BCUT2D eigenvalue weighted by atomic mass is 15.0. The third-order valence-electron chi connectivity index (χ3n) is 2.81. The highest BCUT2D eigenvalue weighted by Crippen LogP contribution is 2.24. The van der Waals surface area contributed by atoms with E-state index in [1.807, 2.05) is 42.6 Å². The third kappa shape index (κ3) is 2.22. The Bertz CT molecular complexity index is 769. The molecule has 3 rings (SSSR count). The van der Waals surface area contributed by atoms with E-state index in [9.17, 15) is 0 Å². The topological polar surface area (TPSA) is 61.6 Å². The predicted molar refractivity (Wildman–Crippen MR) is 74.0 cm³/mol. The highest BCUT2D eigenvalue weighted by molar-refractivity contribution is 5.94. The van der Waals surface area contributed by atoms with Crippen molar-refractivity contribution in [3.05, 3.63) is 60.6 Å². The van der Waals surface area contributed by atoms with Gasteiger partial charge in [0.25, 0.3) is 0 Å². The van der Waals surface area contributed by atoms with Crippen LogP contribution in [0.1, 0.15) is 5.69 Å². The van der Waals surface area contributed by atoms with Gasteiger partial charge in [0, 0.05) is 23.5 Å². The predicted octanol–water partition coefficient (Wildman–Crippen LogP) is 3.25. The standard InChI is InChI=1S/C15H10N4/c16-9-12-4-2-6-15(18-12)19-14-5-1-3-11-7-8-17-10-13(11)14/h1-8,10H,(H,18,19). The van der Waals surface area contributed by atoms with E-state index in [0.717, 1.165) is 16.5 Å². The smallest absolute Gasteiger partial charge is 0.142 e. The minimum Gasteiger partial charge on any atom is -0.340 e. The third-order valence-corrected chi connectivity index (χ3v) is 2.81. The summed E-state index contributed by atoms with van der Waals surface area (Å²) in [6.45, 7) is 0. The van der Waals surface area contributed by atoms with Crippen molar-refractivity contribution in [2.24, 2.45) is 0 Å². The van der Waals surface area contributed by atoms with Crippen molar-refractivity contribution in [2.75, 3.05) is 5.32 Å². The first-order valence-electron chi connectivity index (χ1n) is 5.84. The zero-order valence-electron chi connectivity index (χ0n) is 10.0. The molecule has 0 atom stereocenters. The zero-order valence-corrected chi connectivity index (χ0v) is 10.0. The Morgan fingerprint density at radius 1 is 1.05 bits per heavy atom. The lowest BCUT2D eigenvalue weighted by molar-refractivity contribution is 1.26. The van der Waals surface area contributed by atoms with Crippen LogP contribution >= 0.6 is 0 Å². The Kier molecular flexibility index (Phi) is 2.79. The van der Waals surface area contributed by atoms with E-state index < -0.39 is 0 Å². The van der Waals surface area contributed by atoms with Gasteiger partial charge in [-0.25, -0.2) is 4.98 Å². The van der Waals surface area contributed by atoms with Crippen molar-refractivity contribution in [3.8, 4) is 6.07 Å². The molecule has 0 aliphatic rings. The second-order valence-corrected chi connectivity index (χ2v) is 4.05. The van der Waals surface area contributed by atoms with Crippen LogP contribution in [0.2, 0.25) is 0 Å². The first-order valence-corrected chi connectivity index (χ1v) is 5.84. The van der Waals surface area contributed by atoms with E-state index in [2.05, 4.69) is 15.3 Å². The van der Waals surface area contributed by atoms with Gasteiger partial charge in [0.1, 0.15) is 17.6 Å². The van der Waals surface area contributed by atoms with Crippen molar-refractivity contribution in [2.45, 2.75) is 0 Å². The fourth-order valence-electron chi connectivity index (χ4n) is 1.93. The first kappa shape index (κ1) is 11.2. The molecule has 0 unspecified atom stereocenters. The number of fused-ring (bicyclic) bond motifs is 1. The average molecular weight is 246 g/mol. The maximum atomic E-state index is 8.85. The Morgan fingerprint density at radius 3 is 2.84 bits per heavy atom. The Balaban J connectivity index is 2.04. The molecule has 1 N–H and O–H groups in total. The summed E-state index contributed by atoms with van der Waals surface area (Å²) in [6, 6.07) is 15.3. The van der Waals surface area contributed by atoms with E-state index in [0.29, 0.717) is 11.5 Å². The largest absolute Gasteiger partial charge is 0.340 e. The summed E-state index contributed by atoms with van der Waals surface area (Å²) < 4.78 is 0. The maximum absolute atomic E-state index is 8.85. The molecule has 1 aromatic carbocycles. The quantitative estimate of drug-likeness (QED) is 0.754. The van der Waals surface area contributed by atoms with E-state index in [1.165, 1.54) is 0 Å². The van der Waals surface area contributed by atoms with Gasteiger partial charge in [0.15, 0.2) is 0 Å². The molecule has 19 heavy (non-hydrogen) atoms. The van der Waals surface area contributed by atoms with E-state index in [1.54, 1.807) is 18.3 Å². The lowest BCUT2D eigenvalue weighted by Crippen LogP contribution is -1.95. The van der Waals surface area contributed by atoms with Crippen molar-refractivity contribution < 1.29 is 0 Å². The van der Waals surface area contributed by atoms with Crippen LogP contribution < -0.4 is 5.32 Å². The molecule has 0 spiro atoms. The molecule has 0 amide bonds. The SMILES string of the molecule is N#Cc1cccc(Nc2cccc3ccncc23)n1. The fourth-order valence-corrected chi connectivity index (χ4v) is 1.93. The summed E-state index contributed by atoms with van der Waals surface area (Å²) >= 11 is 0. The molecule has 3 aromatic rings. The van der Waals surface area contributed by atoms with Gasteiger partial charge in [-0.1, -0.05) is 18.2 Å². The van der Waals surface area contributed by atoms with Gasteiger partial charge in [-0.2, -0.15) is 5.26 Å². The summed E-state index contributed by atoms with van der Waals surface area (Å²) in [5.74, 6) is 0.649. The average Bonchev–Trinajstić information content (AvgIpc) is 2.48. The number of pyridine rings is 2. The van der Waals surface area contributed by atoms with Crippen molar-refractivity contribution in [1.29, 1.82) is 5.26 Å². The molecule has 0 aliphatic carbocycles. The van der Waals surface area contributed by atoms with Crippen molar-refractivity contribution >= 4 is 22.3 Å². The van der Waals surface area contributed by atoms with Crippen LogP contribution in [0.3, 0.4) is 0 Å². The monoisotopic (exact) mass is 246 g/mol. The molecule has 2 heterocycles. The van der Waals surface area contributed by atoms with Gasteiger partial charge < -0.3 is 5.32 Å². The van der Waals surface area contributed by atoms with Crippen molar-refractivity contribution in [1.82, 2.24) is 9.97 Å². The number of nitrogens with one attached hydrogen (secondary N) is 1. The van der Waals surface area contributed by atoms with E-state index in [-0.39, 0.29) is 0 Å². The molecule has 4 nitrogen and oxygen atoms in total. The Labute approximate surface area is 110 Å². The highest BCUT2D eigenvalue weighted by Gasteiger charge is 2.02. The molecule has 90 valence electrons. The van der Waals surface area contributed by atoms with Gasteiger partial charge in [0.2, 0.25) is 0 Å². The van der Waals surface area contributed by atoms with Crippen molar-refractivity contribution in [3.63, 3.8) is 0 Å². The number of aromatic nitrogens is 2. The van der Waals surface area contributed by atoms with E-state index in [4.69, 9.17) is 5.26 Å². The number of nitrogens with zero attached hydrogens (tertiary/aromatic N) is 3. The van der Waals surface area contributed by atoms with Crippen LogP contribution in [-0.4, -0.2) is 9.97 Å². The maximum Gasteiger partial charge on any atom is 0.142 e. The molecular weight excluding hydrogens is 236 g/mol. The van der Waals surface area contributed by atoms with Gasteiger partial charge in [-0.15, -0.1) is 0 Å². The van der Waals surface area contributed by atoms with Crippen LogP contribution in [0.25, 0.3) is 10.8 Å². The van der Waals surface area contributed by atoms with Gasteiger partial charge >= 0.3 is 0 Å². The first-order chi connectivity index (χ1) is 9.36. The molecule has 0 saturated heterocycles. The summed E-state index contributed by atoms with van der Waals surface area (Å²) in [5.41, 5.74) is 1.32. The number of nitriles is 1. The lowest BCUT2D eigenvalue weighted by Gasteiger charge is -2.08. The molecule has 0 saturated carbocycles. The molecule has 4 heteroatoms. The molecule has 0 aliphatic heterocycles. The van der Waals surface area contributed by atoms with Crippen LogP contribution in [0, 0.1) is 11.3 Å². The minimum absolute atomic E-state index is 0.392. The Hall–Kier alpha value is -2.93. The molecular formula is C15H10N4. The lowest BCUT2D eigenvalue weighted by atomic mass is 10.1. The van der Waals surface area contributed by atoms with Crippen LogP contribution in [0.15, 0.2) is 54.9 Å². The number of rotatable bonds is 2. The van der Waals surface area contributed by atoms with E-state index >= 15 is 0 Å². The van der Waals surface area contributed by atoms with Crippen LogP contribution in [0.4, 0.5) is 11.5 Å². The summed E-state index contributed by atoms with van der Waals surface area (Å²) in [4.78, 5) is 8.34. The normalized spacial score (nSPS) is 10.1. The molecule has 0 radical (unpaired) electrons. The fraction of sp³-hybridized carbons (Fsp3) is 0. The van der Waals surface area contributed by atoms with Crippen LogP contribution in [0.5, 0.6) is 0 Å². The summed E-state index contributed by atoms with van der Waals surface area (Å²) in [5, 5.41) is 14.2. The summed E-state index contributed by atoms with van der Waals surface area (Å²) in [6.07, 6.45) is 3.58. The number of anilines is 2. The molecule has 0 fully saturated rings. The molecule has 0 bridgehead atoms. The van der Waals surface area contributed by atoms with Crippen LogP contribution in [-0.2, 0) is 0 Å². The van der Waals surface area contributed by atoms with Gasteiger partial charge in [0.05, 0.1) is 0 Å². The Morgan fingerprint density at radius 2 is 1.95 bits per heavy atom. The van der Waals surface area contributed by atoms with Gasteiger partial charge in [-0.3, -0.25) is 4.98 Å².